The molecule has 0 saturated heterocycles. The van der Waals surface area contributed by atoms with E-state index in [1.165, 1.54) is 13.8 Å². The van der Waals surface area contributed by atoms with Crippen LogP contribution in [-0.2, 0) is 38.1 Å². The second-order valence-electron chi connectivity index (χ2n) is 10.00. The molecule has 1 N–H and O–H groups in total. The molecule has 0 unspecified atom stereocenters. The van der Waals surface area contributed by atoms with Gasteiger partial charge in [-0.3, -0.25) is 9.59 Å². The van der Waals surface area contributed by atoms with Crippen LogP contribution in [-0.4, -0.2) is 59.0 Å². The Morgan fingerprint density at radius 3 is 2.36 bits per heavy atom. The van der Waals surface area contributed by atoms with Gasteiger partial charge in [0.15, 0.2) is 0 Å². The van der Waals surface area contributed by atoms with Crippen molar-refractivity contribution in [3.05, 3.63) is 22.8 Å². The first-order valence-corrected chi connectivity index (χ1v) is 11.1. The predicted octanol–water partition coefficient (Wildman–Crippen LogP) is 1.76. The van der Waals surface area contributed by atoms with E-state index in [0.717, 1.165) is 0 Å². The lowest BCUT2D eigenvalue weighted by Gasteiger charge is -2.63. The minimum Gasteiger partial charge on any atom is -0.462 e. The molecule has 9 nitrogen and oxygen atoms in total. The molecule has 3 aliphatic carbocycles. The van der Waals surface area contributed by atoms with E-state index < -0.39 is 58.6 Å². The molecule has 33 heavy (non-hydrogen) atoms. The minimum absolute atomic E-state index is 0.134. The summed E-state index contributed by atoms with van der Waals surface area (Å²) in [6, 6.07) is 0. The second-order valence-corrected chi connectivity index (χ2v) is 10.00. The Morgan fingerprint density at radius 1 is 1.12 bits per heavy atom. The predicted molar refractivity (Wildman–Crippen MR) is 112 cm³/mol. The number of allylic oxidation sites excluding steroid dienone is 1. The highest BCUT2D eigenvalue weighted by atomic mass is 16.6. The quantitative estimate of drug-likeness (QED) is 0.369. The van der Waals surface area contributed by atoms with Gasteiger partial charge in [0.2, 0.25) is 0 Å². The standard InChI is InChI=1S/C24H30O9/c1-7-11(2)20(27)32-15-8-22(5)18-16(31-13(4)26)9-23(6,29)19(18)24(22)17(15)14(21(28)33-24)10-30-12(3)25/h7,15-16,18-19,29H,8-10H2,1-6H3/b11-7+/t15-,16-,18+,19+,22+,23+,24+/m0/s1. The van der Waals surface area contributed by atoms with Gasteiger partial charge in [-0.25, -0.2) is 9.59 Å². The molecule has 0 aromatic carbocycles. The number of esters is 4. The molecule has 1 spiro atoms. The summed E-state index contributed by atoms with van der Waals surface area (Å²) >= 11 is 0. The van der Waals surface area contributed by atoms with E-state index in [9.17, 15) is 24.3 Å². The molecule has 3 saturated carbocycles. The lowest BCUT2D eigenvalue weighted by Crippen LogP contribution is -2.71. The van der Waals surface area contributed by atoms with Crippen LogP contribution in [0.1, 0.15) is 54.4 Å². The lowest BCUT2D eigenvalue weighted by atomic mass is 9.44. The Bertz CT molecular complexity index is 1010. The summed E-state index contributed by atoms with van der Waals surface area (Å²) in [7, 11) is 0. The average molecular weight is 462 g/mol. The second kappa shape index (κ2) is 7.41. The number of carbonyl (C=O) groups is 4. The average Bonchev–Trinajstić information content (AvgIpc) is 3.20. The number of hydrogen-bond acceptors (Lipinski definition) is 9. The monoisotopic (exact) mass is 462 g/mol. The summed E-state index contributed by atoms with van der Waals surface area (Å²) in [5.41, 5.74) is -2.31. The van der Waals surface area contributed by atoms with Gasteiger partial charge in [0, 0.05) is 48.7 Å². The van der Waals surface area contributed by atoms with Crippen molar-refractivity contribution >= 4 is 23.9 Å². The smallest absolute Gasteiger partial charge is 0.338 e. The lowest BCUT2D eigenvalue weighted by molar-refractivity contribution is -0.262. The number of carbonyl (C=O) groups excluding carboxylic acids is 4. The zero-order valence-corrected chi connectivity index (χ0v) is 19.7. The first-order chi connectivity index (χ1) is 15.3. The van der Waals surface area contributed by atoms with E-state index in [4.69, 9.17) is 18.9 Å². The Morgan fingerprint density at radius 2 is 1.79 bits per heavy atom. The zero-order chi connectivity index (χ0) is 24.5. The third-order valence-electron chi connectivity index (χ3n) is 7.96. The van der Waals surface area contributed by atoms with Gasteiger partial charge in [0.05, 0.1) is 11.2 Å². The van der Waals surface area contributed by atoms with Crippen molar-refractivity contribution < 1.29 is 43.2 Å². The van der Waals surface area contributed by atoms with Crippen LogP contribution in [0.4, 0.5) is 0 Å². The summed E-state index contributed by atoms with van der Waals surface area (Å²) in [4.78, 5) is 48.9. The molecule has 4 aliphatic rings. The maximum Gasteiger partial charge on any atom is 0.338 e. The Kier molecular flexibility index (Phi) is 5.27. The van der Waals surface area contributed by atoms with Crippen molar-refractivity contribution in [3.63, 3.8) is 0 Å². The van der Waals surface area contributed by atoms with E-state index in [-0.39, 0.29) is 24.5 Å². The Labute approximate surface area is 192 Å². The maximum absolute atomic E-state index is 13.0. The topological polar surface area (TPSA) is 125 Å². The van der Waals surface area contributed by atoms with Crippen molar-refractivity contribution in [2.45, 2.75) is 77.8 Å². The van der Waals surface area contributed by atoms with Gasteiger partial charge >= 0.3 is 23.9 Å². The fraction of sp³-hybridized carbons (Fsp3) is 0.667. The van der Waals surface area contributed by atoms with Crippen LogP contribution in [0.3, 0.4) is 0 Å². The van der Waals surface area contributed by atoms with Crippen molar-refractivity contribution in [1.82, 2.24) is 0 Å². The summed E-state index contributed by atoms with van der Waals surface area (Å²) in [6.45, 7) is 9.13. The third-order valence-corrected chi connectivity index (χ3v) is 7.96. The molecule has 9 heteroatoms. The fourth-order valence-corrected chi connectivity index (χ4v) is 6.78. The normalized spacial score (nSPS) is 40.9. The molecule has 3 fully saturated rings. The van der Waals surface area contributed by atoms with Crippen molar-refractivity contribution in [3.8, 4) is 0 Å². The first kappa shape index (κ1) is 23.5. The number of ether oxygens (including phenoxy) is 4. The number of aliphatic hydroxyl groups is 1. The van der Waals surface area contributed by atoms with Gasteiger partial charge in [0.1, 0.15) is 24.4 Å². The molecule has 180 valence electrons. The van der Waals surface area contributed by atoms with Crippen LogP contribution in [0.25, 0.3) is 0 Å². The van der Waals surface area contributed by atoms with Crippen LogP contribution in [0, 0.1) is 17.3 Å². The highest BCUT2D eigenvalue weighted by Gasteiger charge is 2.87. The molecule has 0 amide bonds. The number of fused-ring (bicyclic) bond motifs is 2. The number of rotatable bonds is 5. The van der Waals surface area contributed by atoms with Crippen molar-refractivity contribution in [1.29, 1.82) is 0 Å². The summed E-state index contributed by atoms with van der Waals surface area (Å²) in [5.74, 6) is -3.09. The highest BCUT2D eigenvalue weighted by Crippen LogP contribution is 2.79. The SMILES string of the molecule is C/C=C(\C)C(=O)O[C@H]1C[C@]2(C)[C@@H]3[C@@H](OC(C)=O)C[C@@](C)(O)[C@@H]3[C@@]23OC(=O)C(COC(C)=O)=C13. The highest BCUT2D eigenvalue weighted by molar-refractivity contribution is 5.96. The Hall–Kier alpha value is -2.68. The number of hydrogen-bond donors (Lipinski definition) is 1. The Balaban J connectivity index is 1.83. The summed E-state index contributed by atoms with van der Waals surface area (Å²) in [6.07, 6.45) is 0.767. The van der Waals surface area contributed by atoms with E-state index in [2.05, 4.69) is 0 Å². The van der Waals surface area contributed by atoms with Gasteiger partial charge in [0.25, 0.3) is 0 Å². The molecular weight excluding hydrogens is 432 g/mol. The fourth-order valence-electron chi connectivity index (χ4n) is 6.78. The van der Waals surface area contributed by atoms with Gasteiger partial charge in [-0.05, 0) is 27.2 Å². The van der Waals surface area contributed by atoms with Gasteiger partial charge in [-0.1, -0.05) is 13.0 Å². The molecule has 7 atom stereocenters. The minimum atomic E-state index is -1.30. The largest absolute Gasteiger partial charge is 0.462 e. The van der Waals surface area contributed by atoms with Crippen LogP contribution in [0.5, 0.6) is 0 Å². The molecule has 0 radical (unpaired) electrons. The molecule has 1 aliphatic heterocycles. The van der Waals surface area contributed by atoms with Crippen molar-refractivity contribution in [2.75, 3.05) is 6.61 Å². The molecule has 0 bridgehead atoms. The van der Waals surface area contributed by atoms with E-state index in [1.54, 1.807) is 26.8 Å². The van der Waals surface area contributed by atoms with Crippen molar-refractivity contribution in [2.24, 2.45) is 17.3 Å². The van der Waals surface area contributed by atoms with E-state index in [0.29, 0.717) is 17.6 Å². The van der Waals surface area contributed by atoms with Crippen LogP contribution in [0.2, 0.25) is 0 Å². The third kappa shape index (κ3) is 3.08. The van der Waals surface area contributed by atoms with Crippen LogP contribution < -0.4 is 0 Å². The molecule has 1 heterocycles. The summed E-state index contributed by atoms with van der Waals surface area (Å²) < 4.78 is 22.5. The summed E-state index contributed by atoms with van der Waals surface area (Å²) in [5, 5.41) is 11.3. The van der Waals surface area contributed by atoms with Crippen LogP contribution in [0.15, 0.2) is 22.8 Å². The van der Waals surface area contributed by atoms with Gasteiger partial charge in [-0.2, -0.15) is 0 Å². The molecule has 0 aromatic rings. The maximum atomic E-state index is 13.0. The first-order valence-electron chi connectivity index (χ1n) is 11.1. The van der Waals surface area contributed by atoms with E-state index in [1.807, 2.05) is 6.92 Å². The molecular formula is C24H30O9. The van der Waals surface area contributed by atoms with E-state index >= 15 is 0 Å². The zero-order valence-electron chi connectivity index (χ0n) is 19.7. The van der Waals surface area contributed by atoms with Gasteiger partial charge in [-0.15, -0.1) is 0 Å². The van der Waals surface area contributed by atoms with Crippen LogP contribution >= 0.6 is 0 Å². The van der Waals surface area contributed by atoms with Gasteiger partial charge < -0.3 is 24.1 Å². The molecule has 0 aromatic heterocycles. The molecule has 4 rings (SSSR count).